The lowest BCUT2D eigenvalue weighted by Gasteiger charge is -2.18. The second-order valence-electron chi connectivity index (χ2n) is 11.4. The van der Waals surface area contributed by atoms with E-state index in [2.05, 4.69) is 25.2 Å². The zero-order chi connectivity index (χ0) is 34.4. The van der Waals surface area contributed by atoms with Crippen molar-refractivity contribution in [2.24, 2.45) is 15.5 Å². The molecule has 47 heavy (non-hydrogen) atoms. The predicted molar refractivity (Wildman–Crippen MR) is 173 cm³/mol. The molecule has 15 nitrogen and oxygen atoms in total. The van der Waals surface area contributed by atoms with Crippen LogP contribution in [0.15, 0.2) is 69.6 Å². The third-order valence-electron chi connectivity index (χ3n) is 6.64. The average molecular weight is 680 g/mol. The quantitative estimate of drug-likeness (QED) is 0.159. The zero-order valence-electron chi connectivity index (χ0n) is 25.1. The summed E-state index contributed by atoms with van der Waals surface area (Å²) in [7, 11) is -4.37. The molecule has 1 amide bonds. The Labute approximate surface area is 272 Å². The number of carbonyl (C=O) groups is 3. The van der Waals surface area contributed by atoms with Gasteiger partial charge in [0.25, 0.3) is 10.0 Å². The second-order valence-corrected chi connectivity index (χ2v) is 13.4. The second kappa shape index (κ2) is 12.0. The number of phenols is 1. The van der Waals surface area contributed by atoms with Crippen LogP contribution in [-0.2, 0) is 14.8 Å². The molecule has 5 rings (SSSR count). The maximum atomic E-state index is 13.0. The van der Waals surface area contributed by atoms with Gasteiger partial charge >= 0.3 is 11.9 Å². The number of nitrogens with one attached hydrogen (secondary N) is 2. The number of aliphatic imine (C=N–C) groups is 1. The van der Waals surface area contributed by atoms with Crippen LogP contribution in [0.3, 0.4) is 0 Å². The van der Waals surface area contributed by atoms with E-state index in [1.54, 1.807) is 12.1 Å². The van der Waals surface area contributed by atoms with E-state index in [0.717, 1.165) is 18.2 Å². The van der Waals surface area contributed by atoms with Gasteiger partial charge in [-0.25, -0.2) is 28.0 Å². The number of sulfonamides is 1. The molecule has 1 aromatic heterocycles. The highest BCUT2D eigenvalue weighted by atomic mass is 35.5. The van der Waals surface area contributed by atoms with Crippen LogP contribution in [0, 0.1) is 5.41 Å². The van der Waals surface area contributed by atoms with Gasteiger partial charge in [0.05, 0.1) is 38.1 Å². The Balaban J connectivity index is 1.47. The van der Waals surface area contributed by atoms with Gasteiger partial charge in [0.15, 0.2) is 11.6 Å². The molecule has 3 aromatic carbocycles. The van der Waals surface area contributed by atoms with Gasteiger partial charge in [-0.15, -0.1) is 9.89 Å². The number of aromatic nitrogens is 3. The first-order valence-corrected chi connectivity index (χ1v) is 15.5. The number of carbonyl (C=O) groups excluding carboxylic acids is 1. The van der Waals surface area contributed by atoms with E-state index < -0.39 is 49.3 Å². The van der Waals surface area contributed by atoms with Gasteiger partial charge in [-0.3, -0.25) is 9.52 Å². The third-order valence-corrected chi connectivity index (χ3v) is 8.29. The molecular weight excluding hydrogens is 654 g/mol. The molecule has 4 aromatic rings. The van der Waals surface area contributed by atoms with Crippen LogP contribution in [0.25, 0.3) is 11.4 Å². The van der Waals surface area contributed by atoms with Crippen molar-refractivity contribution in [2.45, 2.75) is 32.6 Å². The highest BCUT2D eigenvalue weighted by Gasteiger charge is 2.35. The number of hydrogen-bond donors (Lipinski definition) is 5. The van der Waals surface area contributed by atoms with Gasteiger partial charge in [0.1, 0.15) is 5.71 Å². The van der Waals surface area contributed by atoms with E-state index in [1.165, 1.54) is 36.0 Å². The van der Waals surface area contributed by atoms with Crippen LogP contribution in [0.5, 0.6) is 5.75 Å². The maximum Gasteiger partial charge on any atom is 0.335 e. The Morgan fingerprint density at radius 3 is 2.13 bits per heavy atom. The summed E-state index contributed by atoms with van der Waals surface area (Å²) >= 11 is 6.20. The first-order valence-electron chi connectivity index (χ1n) is 13.6. The first-order chi connectivity index (χ1) is 21.9. The van der Waals surface area contributed by atoms with E-state index in [0.29, 0.717) is 28.5 Å². The minimum atomic E-state index is -4.37. The minimum absolute atomic E-state index is 0.0300. The number of rotatable bonds is 8. The van der Waals surface area contributed by atoms with Crippen molar-refractivity contribution in [2.75, 3.05) is 10.0 Å². The number of halogens is 1. The molecule has 5 N–H and O–H groups in total. The SMILES string of the molecule is CC(=O)Nc1cc(N=C2C(C(C)(C)C)=Nn3nc(-c4ccc(NS(=O)(=O)c5cc(C(=O)O)cc(C(=O)O)c5)cc4)nc32)cc(Cl)c1O. The molecule has 1 aliphatic rings. The normalized spacial score (nSPS) is 13.6. The van der Waals surface area contributed by atoms with Gasteiger partial charge in [0, 0.05) is 23.6 Å². The van der Waals surface area contributed by atoms with E-state index in [9.17, 15) is 38.1 Å². The molecule has 242 valence electrons. The fourth-order valence-corrected chi connectivity index (χ4v) is 5.81. The van der Waals surface area contributed by atoms with Crippen molar-refractivity contribution in [1.29, 1.82) is 0 Å². The smallest absolute Gasteiger partial charge is 0.335 e. The Morgan fingerprint density at radius 1 is 0.957 bits per heavy atom. The lowest BCUT2D eigenvalue weighted by molar-refractivity contribution is -0.114. The first kappa shape index (κ1) is 32.8. The highest BCUT2D eigenvalue weighted by molar-refractivity contribution is 7.92. The summed E-state index contributed by atoms with van der Waals surface area (Å²) in [5.74, 6) is -3.16. The lowest BCUT2D eigenvalue weighted by atomic mass is 9.87. The number of carboxylic acids is 2. The number of phenolic OH excluding ortho intramolecular Hbond substituents is 1. The van der Waals surface area contributed by atoms with Crippen LogP contribution >= 0.6 is 11.6 Å². The van der Waals surface area contributed by atoms with Crippen molar-refractivity contribution in [1.82, 2.24) is 14.9 Å². The fourth-order valence-electron chi connectivity index (χ4n) is 4.47. The number of benzene rings is 3. The Bertz CT molecular complexity index is 2120. The third kappa shape index (κ3) is 6.83. The number of amides is 1. The molecular formula is C30H26ClN7O8S. The van der Waals surface area contributed by atoms with Crippen molar-refractivity contribution < 1.29 is 38.1 Å². The Kier molecular flexibility index (Phi) is 8.34. The van der Waals surface area contributed by atoms with Crippen LogP contribution in [0.4, 0.5) is 17.1 Å². The molecule has 0 bridgehead atoms. The lowest BCUT2D eigenvalue weighted by Crippen LogP contribution is -2.27. The molecule has 0 saturated carbocycles. The summed E-state index contributed by atoms with van der Waals surface area (Å²) < 4.78 is 28.3. The zero-order valence-corrected chi connectivity index (χ0v) is 26.7. The van der Waals surface area contributed by atoms with Gasteiger partial charge in [-0.2, -0.15) is 5.10 Å². The molecule has 0 spiro atoms. The average Bonchev–Trinajstić information content (AvgIpc) is 3.54. The summed E-state index contributed by atoms with van der Waals surface area (Å²) in [6.07, 6.45) is 0. The van der Waals surface area contributed by atoms with Gasteiger partial charge in [-0.05, 0) is 54.6 Å². The van der Waals surface area contributed by atoms with Gasteiger partial charge < -0.3 is 20.6 Å². The van der Waals surface area contributed by atoms with Crippen LogP contribution in [-0.4, -0.2) is 67.9 Å². The molecule has 0 radical (unpaired) electrons. The summed E-state index contributed by atoms with van der Waals surface area (Å²) in [6.45, 7) is 7.08. The van der Waals surface area contributed by atoms with E-state index in [1.807, 2.05) is 20.8 Å². The molecule has 0 aliphatic carbocycles. The summed E-state index contributed by atoms with van der Waals surface area (Å²) in [4.78, 5) is 44.6. The standard InChI is InChI=1S/C30H26ClN7O8S/c1-14(39)32-22-13-19(12-21(31)24(22)40)33-23-25(30(2,3)4)35-38-27(23)34-26(36-38)15-5-7-18(8-6-15)37-47(45,46)20-10-16(28(41)42)9-17(11-20)29(43)44/h5-13,37,40H,1-4H3,(H,32,39)(H,41,42)(H,43,44). The van der Waals surface area contributed by atoms with E-state index >= 15 is 0 Å². The number of anilines is 2. The molecule has 1 aliphatic heterocycles. The molecule has 0 fully saturated rings. The molecule has 0 atom stereocenters. The van der Waals surface area contributed by atoms with E-state index in [-0.39, 0.29) is 28.0 Å². The topological polar surface area (TPSA) is 226 Å². The summed E-state index contributed by atoms with van der Waals surface area (Å²) in [6, 6.07) is 11.4. The van der Waals surface area contributed by atoms with Crippen molar-refractivity contribution >= 4 is 68.0 Å². The van der Waals surface area contributed by atoms with Gasteiger partial charge in [-0.1, -0.05) is 32.4 Å². The summed E-state index contributed by atoms with van der Waals surface area (Å²) in [5.41, 5.74) is 0.427. The Hall–Kier alpha value is -5.61. The number of hydrogen-bond acceptors (Lipinski definition) is 10. The number of aromatic hydroxyl groups is 1. The van der Waals surface area contributed by atoms with Crippen LogP contribution in [0.1, 0.15) is 54.2 Å². The maximum absolute atomic E-state index is 13.0. The molecule has 2 heterocycles. The highest BCUT2D eigenvalue weighted by Crippen LogP contribution is 2.37. The number of nitrogens with zero attached hydrogens (tertiary/aromatic N) is 5. The van der Waals surface area contributed by atoms with Crippen molar-refractivity contribution in [3.05, 3.63) is 76.6 Å². The molecule has 0 saturated heterocycles. The van der Waals surface area contributed by atoms with Crippen molar-refractivity contribution in [3.63, 3.8) is 0 Å². The Morgan fingerprint density at radius 2 is 1.57 bits per heavy atom. The number of aromatic carboxylic acids is 2. The fraction of sp³-hybridized carbons (Fsp3) is 0.167. The monoisotopic (exact) mass is 679 g/mol. The minimum Gasteiger partial charge on any atom is -0.504 e. The van der Waals surface area contributed by atoms with E-state index in [4.69, 9.17) is 16.6 Å². The van der Waals surface area contributed by atoms with Crippen LogP contribution < -0.4 is 10.0 Å². The number of fused-ring (bicyclic) bond motifs is 1. The summed E-state index contributed by atoms with van der Waals surface area (Å²) in [5, 5.41) is 40.4. The van der Waals surface area contributed by atoms with Crippen LogP contribution in [0.2, 0.25) is 5.02 Å². The molecule has 0 unspecified atom stereocenters. The predicted octanol–water partition coefficient (Wildman–Crippen LogP) is 4.84. The van der Waals surface area contributed by atoms with Crippen molar-refractivity contribution in [3.8, 4) is 17.1 Å². The largest absolute Gasteiger partial charge is 0.504 e. The number of carboxylic acid groups (broad SMARTS) is 2. The molecule has 17 heteroatoms. The van der Waals surface area contributed by atoms with Gasteiger partial charge in [0.2, 0.25) is 11.7 Å².